The molecule has 7 saturated carbocycles. The van der Waals surface area contributed by atoms with Gasteiger partial charge in [0, 0.05) is 0 Å². The Labute approximate surface area is 98.5 Å². The second-order valence-electron chi connectivity index (χ2n) is 7.74. The predicted molar refractivity (Wildman–Crippen MR) is 64.8 cm³/mol. The minimum atomic E-state index is 0.605. The number of allylic oxidation sites excluding steroid dienone is 1. The molecule has 0 saturated heterocycles. The lowest BCUT2D eigenvalue weighted by Gasteiger charge is -2.72. The fraction of sp³-hybridized carbons (Fsp3) is 0.875. The summed E-state index contributed by atoms with van der Waals surface area (Å²) in [6.45, 7) is 4.18. The Bertz CT molecular complexity index is 306. The van der Waals surface area contributed by atoms with Crippen LogP contribution in [0.5, 0.6) is 0 Å². The highest BCUT2D eigenvalue weighted by Crippen LogP contribution is 2.74. The van der Waals surface area contributed by atoms with Gasteiger partial charge in [-0.15, -0.1) is 6.58 Å². The Morgan fingerprint density at radius 3 is 1.56 bits per heavy atom. The molecule has 8 bridgehead atoms. The summed E-state index contributed by atoms with van der Waals surface area (Å²) >= 11 is 0. The molecule has 0 aromatic carbocycles. The van der Waals surface area contributed by atoms with Gasteiger partial charge < -0.3 is 0 Å². The van der Waals surface area contributed by atoms with Crippen LogP contribution in [0.25, 0.3) is 0 Å². The van der Waals surface area contributed by atoms with Crippen LogP contribution in [0, 0.1) is 46.8 Å². The van der Waals surface area contributed by atoms with E-state index in [1.807, 2.05) is 0 Å². The van der Waals surface area contributed by atoms with Crippen LogP contribution in [0.4, 0.5) is 0 Å². The van der Waals surface area contributed by atoms with Gasteiger partial charge in [-0.05, 0) is 85.4 Å². The van der Waals surface area contributed by atoms with Crippen LogP contribution in [-0.4, -0.2) is 0 Å². The molecule has 0 heteroatoms. The Morgan fingerprint density at radius 2 is 1.19 bits per heavy atom. The SMILES string of the molecule is C=CC12CC3C4CC5CC3C(C1)C(C5)C4C2. The van der Waals surface area contributed by atoms with Crippen LogP contribution in [0.3, 0.4) is 0 Å². The maximum atomic E-state index is 4.18. The average molecular weight is 214 g/mol. The monoisotopic (exact) mass is 214 g/mol. The molecule has 7 fully saturated rings. The summed E-state index contributed by atoms with van der Waals surface area (Å²) in [6.07, 6.45) is 11.8. The summed E-state index contributed by atoms with van der Waals surface area (Å²) in [4.78, 5) is 0. The summed E-state index contributed by atoms with van der Waals surface area (Å²) in [7, 11) is 0. The van der Waals surface area contributed by atoms with E-state index >= 15 is 0 Å². The second-order valence-corrected chi connectivity index (χ2v) is 7.74. The molecule has 16 heavy (non-hydrogen) atoms. The van der Waals surface area contributed by atoms with E-state index in [1.165, 1.54) is 19.3 Å². The summed E-state index contributed by atoms with van der Waals surface area (Å²) in [5.41, 5.74) is 0.605. The Balaban J connectivity index is 1.67. The molecule has 0 aromatic heterocycles. The highest BCUT2D eigenvalue weighted by Gasteiger charge is 2.66. The maximum Gasteiger partial charge on any atom is -0.0112 e. The van der Waals surface area contributed by atoms with Gasteiger partial charge in [-0.25, -0.2) is 0 Å². The molecular weight excluding hydrogens is 192 g/mol. The van der Waals surface area contributed by atoms with Crippen molar-refractivity contribution in [2.75, 3.05) is 0 Å². The quantitative estimate of drug-likeness (QED) is 0.581. The first-order valence-corrected chi connectivity index (χ1v) is 7.43. The van der Waals surface area contributed by atoms with Gasteiger partial charge in [-0.2, -0.15) is 0 Å². The largest absolute Gasteiger partial charge is 0.103 e. The number of hydrogen-bond acceptors (Lipinski definition) is 0. The standard InChI is InChI=1S/C16H22/c1-2-16-6-13-10-3-9-4-11(13)15(8-16)12(5-9)14(10)7-16/h2,9-15H,1,3-8H2. The van der Waals surface area contributed by atoms with Gasteiger partial charge in [-0.1, -0.05) is 6.08 Å². The van der Waals surface area contributed by atoms with E-state index in [2.05, 4.69) is 12.7 Å². The van der Waals surface area contributed by atoms with Gasteiger partial charge in [0.1, 0.15) is 0 Å². The highest BCUT2D eigenvalue weighted by molar-refractivity contribution is 5.19. The minimum absolute atomic E-state index is 0.605. The first kappa shape index (κ1) is 8.78. The van der Waals surface area contributed by atoms with Crippen LogP contribution in [0.2, 0.25) is 0 Å². The van der Waals surface area contributed by atoms with E-state index in [0.29, 0.717) is 5.41 Å². The van der Waals surface area contributed by atoms with E-state index in [-0.39, 0.29) is 0 Å². The minimum Gasteiger partial charge on any atom is -0.103 e. The average Bonchev–Trinajstić information content (AvgIpc) is 2.35. The van der Waals surface area contributed by atoms with Crippen LogP contribution >= 0.6 is 0 Å². The van der Waals surface area contributed by atoms with Crippen LogP contribution in [-0.2, 0) is 0 Å². The molecule has 0 heterocycles. The summed E-state index contributed by atoms with van der Waals surface area (Å²) in [6, 6.07) is 0. The molecule has 7 aliphatic carbocycles. The Morgan fingerprint density at radius 1 is 0.750 bits per heavy atom. The molecule has 0 amide bonds. The van der Waals surface area contributed by atoms with Gasteiger partial charge >= 0.3 is 0 Å². The molecule has 0 N–H and O–H groups in total. The van der Waals surface area contributed by atoms with Crippen molar-refractivity contribution in [2.24, 2.45) is 46.8 Å². The van der Waals surface area contributed by atoms with Crippen molar-refractivity contribution in [1.82, 2.24) is 0 Å². The van der Waals surface area contributed by atoms with E-state index in [4.69, 9.17) is 0 Å². The van der Waals surface area contributed by atoms with E-state index < -0.39 is 0 Å². The third-order valence-electron chi connectivity index (χ3n) is 7.48. The van der Waals surface area contributed by atoms with Gasteiger partial charge in [-0.3, -0.25) is 0 Å². The zero-order chi connectivity index (χ0) is 10.5. The van der Waals surface area contributed by atoms with Crippen LogP contribution in [0.1, 0.15) is 38.5 Å². The van der Waals surface area contributed by atoms with Crippen molar-refractivity contribution in [3.63, 3.8) is 0 Å². The van der Waals surface area contributed by atoms with Crippen molar-refractivity contribution >= 4 is 0 Å². The third kappa shape index (κ3) is 0.772. The van der Waals surface area contributed by atoms with Crippen LogP contribution < -0.4 is 0 Å². The molecule has 0 spiro atoms. The number of hydrogen-bond donors (Lipinski definition) is 0. The van der Waals surface area contributed by atoms with E-state index in [9.17, 15) is 0 Å². The summed E-state index contributed by atoms with van der Waals surface area (Å²) in [5, 5.41) is 0. The molecule has 7 rings (SSSR count). The van der Waals surface area contributed by atoms with Gasteiger partial charge in [0.15, 0.2) is 0 Å². The van der Waals surface area contributed by atoms with Gasteiger partial charge in [0.05, 0.1) is 0 Å². The highest BCUT2D eigenvalue weighted by atomic mass is 14.7. The van der Waals surface area contributed by atoms with E-state index in [1.54, 1.807) is 19.3 Å². The smallest absolute Gasteiger partial charge is 0.0112 e. The van der Waals surface area contributed by atoms with Gasteiger partial charge in [0.2, 0.25) is 0 Å². The van der Waals surface area contributed by atoms with E-state index in [0.717, 1.165) is 41.4 Å². The fourth-order valence-corrected chi connectivity index (χ4v) is 7.21. The van der Waals surface area contributed by atoms with Crippen molar-refractivity contribution in [3.05, 3.63) is 12.7 Å². The zero-order valence-electron chi connectivity index (χ0n) is 10.1. The molecule has 0 unspecified atom stereocenters. The second kappa shape index (κ2) is 2.44. The predicted octanol–water partition coefficient (Wildman–Crippen LogP) is 3.88. The molecule has 7 aliphatic rings. The first-order chi connectivity index (χ1) is 7.80. The molecule has 0 radical (unpaired) electrons. The molecule has 86 valence electrons. The summed E-state index contributed by atoms with van der Waals surface area (Å²) < 4.78 is 0. The van der Waals surface area contributed by atoms with Crippen LogP contribution in [0.15, 0.2) is 12.7 Å². The topological polar surface area (TPSA) is 0 Å². The normalized spacial score (nSPS) is 68.9. The van der Waals surface area contributed by atoms with Gasteiger partial charge in [0.25, 0.3) is 0 Å². The third-order valence-corrected chi connectivity index (χ3v) is 7.48. The molecule has 0 aromatic rings. The number of rotatable bonds is 1. The lowest BCUT2D eigenvalue weighted by molar-refractivity contribution is -0.221. The zero-order valence-corrected chi connectivity index (χ0v) is 10.1. The van der Waals surface area contributed by atoms with Crippen molar-refractivity contribution in [1.29, 1.82) is 0 Å². The van der Waals surface area contributed by atoms with Crippen molar-refractivity contribution in [3.8, 4) is 0 Å². The Kier molecular flexibility index (Phi) is 1.34. The first-order valence-electron chi connectivity index (χ1n) is 7.43. The molecular formula is C16H22. The summed E-state index contributed by atoms with van der Waals surface area (Å²) in [5.74, 6) is 8.01. The van der Waals surface area contributed by atoms with Crippen molar-refractivity contribution < 1.29 is 0 Å². The molecule has 0 aliphatic heterocycles. The Hall–Kier alpha value is -0.260. The maximum absolute atomic E-state index is 4.18. The molecule has 0 nitrogen and oxygen atoms in total. The molecule has 0 atom stereocenters. The lowest BCUT2D eigenvalue weighted by atomic mass is 9.33. The van der Waals surface area contributed by atoms with Crippen molar-refractivity contribution in [2.45, 2.75) is 38.5 Å². The lowest BCUT2D eigenvalue weighted by Crippen LogP contribution is -2.64. The fourth-order valence-electron chi connectivity index (χ4n) is 7.21.